The van der Waals surface area contributed by atoms with Crippen LogP contribution in [0.1, 0.15) is 13.3 Å². The van der Waals surface area contributed by atoms with Gasteiger partial charge < -0.3 is 14.4 Å². The Balaban J connectivity index is 2.09. The first kappa shape index (κ1) is 13.4. The molecule has 1 saturated heterocycles. The quantitative estimate of drug-likeness (QED) is 0.676. The lowest BCUT2D eigenvalue weighted by Gasteiger charge is -2.24. The minimum Gasteiger partial charge on any atom is -0.508 e. The van der Waals surface area contributed by atoms with Crippen molar-refractivity contribution >= 4 is 16.9 Å². The Morgan fingerprint density at radius 2 is 2.10 bits per heavy atom. The van der Waals surface area contributed by atoms with Crippen molar-refractivity contribution in [3.8, 4) is 5.75 Å². The number of phenolic OH excluding ortho intramolecular Hbond substituents is 1. The van der Waals surface area contributed by atoms with E-state index < -0.39 is 11.6 Å². The molecule has 5 nitrogen and oxygen atoms in total. The van der Waals surface area contributed by atoms with Crippen LogP contribution in [0.15, 0.2) is 47.3 Å². The standard InChI is InChI=1S/C16H15NO4/c1-10-8-16(2,21-15(10)20)9-17-13-5-4-12(18)7-11(13)3-6-14(17)19/h3-7,18H,1,8-9H2,2H3. The van der Waals surface area contributed by atoms with E-state index in [1.54, 1.807) is 29.7 Å². The molecule has 1 atom stereocenters. The summed E-state index contributed by atoms with van der Waals surface area (Å²) in [6.07, 6.45) is 0.396. The van der Waals surface area contributed by atoms with Gasteiger partial charge in [-0.1, -0.05) is 6.58 Å². The van der Waals surface area contributed by atoms with Crippen LogP contribution in [0.25, 0.3) is 10.9 Å². The van der Waals surface area contributed by atoms with Gasteiger partial charge in [0, 0.05) is 23.4 Å². The van der Waals surface area contributed by atoms with Gasteiger partial charge in [-0.2, -0.15) is 0 Å². The van der Waals surface area contributed by atoms with Crippen LogP contribution in [0.2, 0.25) is 0 Å². The minimum absolute atomic E-state index is 0.139. The second-order valence-electron chi connectivity index (χ2n) is 5.62. The fraction of sp³-hybridized carbons (Fsp3) is 0.250. The minimum atomic E-state index is -0.774. The number of aromatic nitrogens is 1. The van der Waals surface area contributed by atoms with E-state index in [-0.39, 0.29) is 17.9 Å². The number of carbonyl (C=O) groups excluding carboxylic acids is 1. The number of carbonyl (C=O) groups is 1. The Kier molecular flexibility index (Phi) is 2.86. The zero-order chi connectivity index (χ0) is 15.2. The Labute approximate surface area is 121 Å². The normalized spacial score (nSPS) is 21.8. The Morgan fingerprint density at radius 3 is 2.76 bits per heavy atom. The molecule has 0 saturated carbocycles. The molecule has 1 aliphatic heterocycles. The van der Waals surface area contributed by atoms with Crippen LogP contribution in [0, 0.1) is 0 Å². The third-order valence-electron chi connectivity index (χ3n) is 3.68. The van der Waals surface area contributed by atoms with Gasteiger partial charge in [0.2, 0.25) is 0 Å². The van der Waals surface area contributed by atoms with E-state index in [0.29, 0.717) is 17.5 Å². The van der Waals surface area contributed by atoms with Gasteiger partial charge in [-0.15, -0.1) is 0 Å². The first-order chi connectivity index (χ1) is 9.88. The molecule has 21 heavy (non-hydrogen) atoms. The lowest BCUT2D eigenvalue weighted by atomic mass is 10.00. The van der Waals surface area contributed by atoms with Gasteiger partial charge in [-0.25, -0.2) is 4.79 Å². The second kappa shape index (κ2) is 4.48. The molecule has 1 unspecified atom stereocenters. The number of hydrogen-bond donors (Lipinski definition) is 1. The van der Waals surface area contributed by atoms with Crippen LogP contribution in [0.5, 0.6) is 5.75 Å². The van der Waals surface area contributed by atoms with Crippen LogP contribution in [0.4, 0.5) is 0 Å². The van der Waals surface area contributed by atoms with Gasteiger partial charge in [-0.3, -0.25) is 4.79 Å². The summed E-state index contributed by atoms with van der Waals surface area (Å²) in [5, 5.41) is 10.3. The van der Waals surface area contributed by atoms with Gasteiger partial charge in [0.15, 0.2) is 0 Å². The van der Waals surface area contributed by atoms with Crippen molar-refractivity contribution in [1.29, 1.82) is 0 Å². The summed E-state index contributed by atoms with van der Waals surface area (Å²) < 4.78 is 6.90. The van der Waals surface area contributed by atoms with Gasteiger partial charge in [0.25, 0.3) is 5.56 Å². The van der Waals surface area contributed by atoms with Crippen LogP contribution in [0.3, 0.4) is 0 Å². The van der Waals surface area contributed by atoms with Crippen molar-refractivity contribution in [1.82, 2.24) is 4.57 Å². The molecular weight excluding hydrogens is 270 g/mol. The van der Waals surface area contributed by atoms with Crippen LogP contribution < -0.4 is 5.56 Å². The topological polar surface area (TPSA) is 68.5 Å². The number of nitrogens with zero attached hydrogens (tertiary/aromatic N) is 1. The van der Waals surface area contributed by atoms with E-state index in [1.807, 2.05) is 0 Å². The van der Waals surface area contributed by atoms with E-state index in [0.717, 1.165) is 5.39 Å². The fourth-order valence-corrected chi connectivity index (χ4v) is 2.73. The van der Waals surface area contributed by atoms with Crippen molar-refractivity contribution in [3.63, 3.8) is 0 Å². The van der Waals surface area contributed by atoms with Crippen LogP contribution in [-0.4, -0.2) is 21.2 Å². The molecule has 108 valence electrons. The molecule has 1 aliphatic rings. The smallest absolute Gasteiger partial charge is 0.334 e. The van der Waals surface area contributed by atoms with Crippen molar-refractivity contribution < 1.29 is 14.6 Å². The molecule has 2 heterocycles. The molecule has 0 radical (unpaired) electrons. The highest BCUT2D eigenvalue weighted by Crippen LogP contribution is 2.31. The van der Waals surface area contributed by atoms with E-state index in [9.17, 15) is 14.7 Å². The summed E-state index contributed by atoms with van der Waals surface area (Å²) in [4.78, 5) is 23.7. The lowest BCUT2D eigenvalue weighted by molar-refractivity contribution is -0.146. The highest BCUT2D eigenvalue weighted by Gasteiger charge is 2.39. The van der Waals surface area contributed by atoms with Crippen LogP contribution in [-0.2, 0) is 16.1 Å². The van der Waals surface area contributed by atoms with Crippen LogP contribution >= 0.6 is 0 Å². The lowest BCUT2D eigenvalue weighted by Crippen LogP contribution is -2.35. The third-order valence-corrected chi connectivity index (χ3v) is 3.68. The zero-order valence-electron chi connectivity index (χ0n) is 11.6. The van der Waals surface area contributed by atoms with E-state index in [2.05, 4.69) is 6.58 Å². The van der Waals surface area contributed by atoms with E-state index >= 15 is 0 Å². The first-order valence-electron chi connectivity index (χ1n) is 6.62. The van der Waals surface area contributed by atoms with Crippen molar-refractivity contribution in [2.45, 2.75) is 25.5 Å². The molecule has 1 N–H and O–H groups in total. The zero-order valence-corrected chi connectivity index (χ0v) is 11.6. The molecule has 0 spiro atoms. The first-order valence-corrected chi connectivity index (χ1v) is 6.62. The largest absolute Gasteiger partial charge is 0.508 e. The number of cyclic esters (lactones) is 1. The molecular formula is C16H15NO4. The highest BCUT2D eigenvalue weighted by atomic mass is 16.6. The average Bonchev–Trinajstić information content (AvgIpc) is 2.66. The maximum atomic E-state index is 12.1. The Bertz CT molecular complexity index is 803. The number of ether oxygens (including phenoxy) is 1. The molecule has 5 heteroatoms. The molecule has 2 aromatic rings. The third kappa shape index (κ3) is 2.31. The van der Waals surface area contributed by atoms with E-state index in [1.165, 1.54) is 12.1 Å². The number of esters is 1. The van der Waals surface area contributed by atoms with Gasteiger partial charge in [-0.05, 0) is 31.2 Å². The molecule has 1 fully saturated rings. The maximum absolute atomic E-state index is 12.1. The number of fused-ring (bicyclic) bond motifs is 1. The molecule has 1 aromatic heterocycles. The maximum Gasteiger partial charge on any atom is 0.334 e. The summed E-state index contributed by atoms with van der Waals surface area (Å²) in [5.41, 5.74) is 0.158. The highest BCUT2D eigenvalue weighted by molar-refractivity contribution is 5.90. The molecule has 0 aliphatic carbocycles. The molecule has 1 aromatic carbocycles. The predicted octanol–water partition coefficient (Wildman–Crippen LogP) is 1.97. The van der Waals surface area contributed by atoms with Crippen molar-refractivity contribution in [2.24, 2.45) is 0 Å². The number of benzene rings is 1. The number of pyridine rings is 1. The van der Waals surface area contributed by atoms with Gasteiger partial charge >= 0.3 is 5.97 Å². The summed E-state index contributed by atoms with van der Waals surface area (Å²) in [6.45, 7) is 5.71. The number of hydrogen-bond acceptors (Lipinski definition) is 4. The van der Waals surface area contributed by atoms with Gasteiger partial charge in [0.1, 0.15) is 11.4 Å². The average molecular weight is 285 g/mol. The number of aromatic hydroxyl groups is 1. The molecule has 3 rings (SSSR count). The Hall–Kier alpha value is -2.56. The number of rotatable bonds is 2. The summed E-state index contributed by atoms with van der Waals surface area (Å²) in [7, 11) is 0. The Morgan fingerprint density at radius 1 is 1.33 bits per heavy atom. The summed E-state index contributed by atoms with van der Waals surface area (Å²) >= 11 is 0. The van der Waals surface area contributed by atoms with Crippen molar-refractivity contribution in [3.05, 3.63) is 52.8 Å². The second-order valence-corrected chi connectivity index (χ2v) is 5.62. The van der Waals surface area contributed by atoms with Gasteiger partial charge in [0.05, 0.1) is 12.1 Å². The SMILES string of the molecule is C=C1CC(C)(Cn2c(=O)ccc3cc(O)ccc32)OC1=O. The number of phenols is 1. The van der Waals surface area contributed by atoms with Crippen molar-refractivity contribution in [2.75, 3.05) is 0 Å². The molecule has 0 bridgehead atoms. The predicted molar refractivity (Wildman–Crippen MR) is 78.1 cm³/mol. The summed E-state index contributed by atoms with van der Waals surface area (Å²) in [6, 6.07) is 7.90. The molecule has 0 amide bonds. The fourth-order valence-electron chi connectivity index (χ4n) is 2.73. The summed E-state index contributed by atoms with van der Waals surface area (Å²) in [5.74, 6) is -0.275. The monoisotopic (exact) mass is 285 g/mol. The van der Waals surface area contributed by atoms with E-state index in [4.69, 9.17) is 4.74 Å².